The molecule has 1 amide bonds. The lowest BCUT2D eigenvalue weighted by molar-refractivity contribution is -0.136. The summed E-state index contributed by atoms with van der Waals surface area (Å²) >= 11 is 7.43. The number of aryl methyl sites for hydroxylation is 1. The second kappa shape index (κ2) is 7.17. The molecule has 0 spiro atoms. The molecule has 0 saturated carbocycles. The van der Waals surface area contributed by atoms with Crippen LogP contribution in [-0.4, -0.2) is 16.8 Å². The quantitative estimate of drug-likeness (QED) is 0.618. The van der Waals surface area contributed by atoms with Crippen molar-refractivity contribution in [1.29, 1.82) is 0 Å². The van der Waals surface area contributed by atoms with Gasteiger partial charge in [0, 0.05) is 15.5 Å². The van der Waals surface area contributed by atoms with Gasteiger partial charge >= 0.3 is 0 Å². The van der Waals surface area contributed by atoms with Gasteiger partial charge in [-0.05, 0) is 42.8 Å². The molecule has 0 bridgehead atoms. The lowest BCUT2D eigenvalue weighted by atomic mass is 9.89. The molecule has 0 radical (unpaired) electrons. The molecule has 0 saturated heterocycles. The van der Waals surface area contributed by atoms with E-state index < -0.39 is 11.5 Å². The van der Waals surface area contributed by atoms with Crippen LogP contribution < -0.4 is 4.90 Å². The highest BCUT2D eigenvalue weighted by atomic mass is 35.5. The van der Waals surface area contributed by atoms with E-state index in [0.717, 1.165) is 10.4 Å². The van der Waals surface area contributed by atoms with Crippen molar-refractivity contribution in [2.75, 3.05) is 4.90 Å². The van der Waals surface area contributed by atoms with Crippen LogP contribution in [0.25, 0.3) is 0 Å². The van der Waals surface area contributed by atoms with Gasteiger partial charge in [0.2, 0.25) is 0 Å². The molecule has 1 N–H and O–H groups in total. The smallest absolute Gasteiger partial charge is 0.264 e. The number of hydrogen-bond acceptors (Lipinski definition) is 4. The number of para-hydroxylation sites is 1. The Labute approximate surface area is 172 Å². The number of Topliss-reactive ketones (excluding diaryl/α,β-unsaturated/α-hetero) is 1. The summed E-state index contributed by atoms with van der Waals surface area (Å²) < 4.78 is 0. The zero-order valence-electron chi connectivity index (χ0n) is 15.2. The first-order chi connectivity index (χ1) is 13.4. The molecule has 28 heavy (non-hydrogen) atoms. The number of rotatable bonds is 5. The number of thiophene rings is 1. The van der Waals surface area contributed by atoms with E-state index in [1.165, 1.54) is 16.2 Å². The predicted octanol–water partition coefficient (Wildman–Crippen LogP) is 4.72. The lowest BCUT2D eigenvalue weighted by Crippen LogP contribution is -2.41. The lowest BCUT2D eigenvalue weighted by Gasteiger charge is -2.22. The fourth-order valence-electron chi connectivity index (χ4n) is 3.56. The van der Waals surface area contributed by atoms with Gasteiger partial charge in [0.1, 0.15) is 0 Å². The number of halogens is 1. The van der Waals surface area contributed by atoms with Crippen LogP contribution in [-0.2, 0) is 16.9 Å². The largest absolute Gasteiger partial charge is 0.375 e. The Kier molecular flexibility index (Phi) is 4.83. The van der Waals surface area contributed by atoms with Crippen LogP contribution in [0.4, 0.5) is 5.69 Å². The van der Waals surface area contributed by atoms with Crippen molar-refractivity contribution in [1.82, 2.24) is 0 Å². The van der Waals surface area contributed by atoms with E-state index in [0.29, 0.717) is 21.2 Å². The first kappa shape index (κ1) is 18.9. The number of amides is 1. The Hall–Kier alpha value is -2.47. The third-order valence-electron chi connectivity index (χ3n) is 4.90. The number of hydrogen-bond donors (Lipinski definition) is 1. The molecule has 1 aliphatic rings. The van der Waals surface area contributed by atoms with Crippen LogP contribution in [0.1, 0.15) is 32.1 Å². The molecule has 2 aromatic carbocycles. The van der Waals surface area contributed by atoms with Gasteiger partial charge in [0.05, 0.1) is 23.5 Å². The fraction of sp³-hybridized carbons (Fsp3) is 0.182. The van der Waals surface area contributed by atoms with Crippen LogP contribution >= 0.6 is 22.9 Å². The average Bonchev–Trinajstić information content (AvgIpc) is 3.19. The minimum Gasteiger partial charge on any atom is -0.375 e. The van der Waals surface area contributed by atoms with Crippen LogP contribution in [0.2, 0.25) is 5.02 Å². The molecule has 3 aromatic rings. The highest BCUT2D eigenvalue weighted by Crippen LogP contribution is 2.43. The molecule has 4 nitrogen and oxygen atoms in total. The van der Waals surface area contributed by atoms with Crippen molar-refractivity contribution in [3.8, 4) is 0 Å². The van der Waals surface area contributed by atoms with E-state index in [1.54, 1.807) is 36.4 Å². The first-order valence-electron chi connectivity index (χ1n) is 8.86. The Morgan fingerprint density at radius 2 is 1.93 bits per heavy atom. The monoisotopic (exact) mass is 411 g/mol. The van der Waals surface area contributed by atoms with Crippen molar-refractivity contribution in [2.45, 2.75) is 25.5 Å². The van der Waals surface area contributed by atoms with Crippen molar-refractivity contribution in [2.24, 2.45) is 0 Å². The average molecular weight is 412 g/mol. The third-order valence-corrected chi connectivity index (χ3v) is 6.18. The van der Waals surface area contributed by atoms with Gasteiger partial charge in [-0.2, -0.15) is 0 Å². The summed E-state index contributed by atoms with van der Waals surface area (Å²) in [5.41, 5.74) is 0.0540. The number of anilines is 1. The van der Waals surface area contributed by atoms with E-state index in [-0.39, 0.29) is 18.7 Å². The maximum atomic E-state index is 13.2. The normalized spacial score (nSPS) is 18.4. The molecule has 0 aliphatic carbocycles. The second-order valence-corrected chi connectivity index (χ2v) is 8.63. The third kappa shape index (κ3) is 3.26. The van der Waals surface area contributed by atoms with Gasteiger partial charge in [-0.3, -0.25) is 9.59 Å². The van der Waals surface area contributed by atoms with Crippen molar-refractivity contribution >= 4 is 40.3 Å². The van der Waals surface area contributed by atoms with Gasteiger partial charge in [-0.25, -0.2) is 0 Å². The topological polar surface area (TPSA) is 57.6 Å². The predicted molar refractivity (Wildman–Crippen MR) is 111 cm³/mol. The summed E-state index contributed by atoms with van der Waals surface area (Å²) in [7, 11) is 0. The molecule has 1 unspecified atom stereocenters. The Morgan fingerprint density at radius 1 is 1.14 bits per heavy atom. The fourth-order valence-corrected chi connectivity index (χ4v) is 4.57. The minimum atomic E-state index is -1.87. The molecule has 1 aromatic heterocycles. The zero-order valence-corrected chi connectivity index (χ0v) is 16.8. The van der Waals surface area contributed by atoms with Crippen LogP contribution in [0.3, 0.4) is 0 Å². The molecular weight excluding hydrogens is 394 g/mol. The van der Waals surface area contributed by atoms with Gasteiger partial charge in [-0.1, -0.05) is 41.9 Å². The van der Waals surface area contributed by atoms with Crippen LogP contribution in [0.5, 0.6) is 0 Å². The molecule has 0 fully saturated rings. The number of carbonyl (C=O) groups is 2. The number of benzene rings is 2. The number of ketones is 1. The van der Waals surface area contributed by atoms with E-state index in [2.05, 4.69) is 0 Å². The summed E-state index contributed by atoms with van der Waals surface area (Å²) in [6.45, 7) is 2.18. The van der Waals surface area contributed by atoms with Crippen molar-refractivity contribution in [3.05, 3.63) is 86.6 Å². The maximum absolute atomic E-state index is 13.2. The van der Waals surface area contributed by atoms with Gasteiger partial charge in [-0.15, -0.1) is 11.3 Å². The number of carbonyl (C=O) groups excluding carboxylic acids is 2. The summed E-state index contributed by atoms with van der Waals surface area (Å²) in [4.78, 5) is 29.1. The van der Waals surface area contributed by atoms with E-state index in [9.17, 15) is 14.7 Å². The summed E-state index contributed by atoms with van der Waals surface area (Å²) in [6, 6.07) is 17.9. The van der Waals surface area contributed by atoms with Gasteiger partial charge in [0.15, 0.2) is 11.4 Å². The molecule has 2 heterocycles. The zero-order chi connectivity index (χ0) is 19.9. The van der Waals surface area contributed by atoms with Crippen LogP contribution in [0.15, 0.2) is 60.7 Å². The maximum Gasteiger partial charge on any atom is 0.264 e. The SMILES string of the molecule is Cc1ccc(C(=O)CC2(O)C(=O)N(Cc3cccc(Cl)c3)c3ccccc32)s1. The summed E-state index contributed by atoms with van der Waals surface area (Å²) in [6.07, 6.45) is -0.283. The Balaban J connectivity index is 1.68. The van der Waals surface area contributed by atoms with E-state index >= 15 is 0 Å². The molecule has 142 valence electrons. The molecular formula is C22H18ClNO3S. The standard InChI is InChI=1S/C22H18ClNO3S/c1-14-9-10-20(28-14)19(25)12-22(27)17-7-2-3-8-18(17)24(21(22)26)13-15-5-4-6-16(23)11-15/h2-11,27H,12-13H2,1H3. The van der Waals surface area contributed by atoms with Gasteiger partial charge in [0.25, 0.3) is 5.91 Å². The van der Waals surface area contributed by atoms with Crippen LogP contribution in [0, 0.1) is 6.92 Å². The Bertz CT molecular complexity index is 1080. The number of aliphatic hydroxyl groups is 1. The molecule has 1 aliphatic heterocycles. The van der Waals surface area contributed by atoms with E-state index in [4.69, 9.17) is 11.6 Å². The minimum absolute atomic E-state index is 0.242. The molecule has 6 heteroatoms. The highest BCUT2D eigenvalue weighted by Gasteiger charge is 2.50. The van der Waals surface area contributed by atoms with Crippen molar-refractivity contribution < 1.29 is 14.7 Å². The number of fused-ring (bicyclic) bond motifs is 1. The molecule has 1 atom stereocenters. The summed E-state index contributed by atoms with van der Waals surface area (Å²) in [5.74, 6) is -0.733. The first-order valence-corrected chi connectivity index (χ1v) is 10.1. The second-order valence-electron chi connectivity index (χ2n) is 6.91. The molecule has 4 rings (SSSR count). The highest BCUT2D eigenvalue weighted by molar-refractivity contribution is 7.14. The Morgan fingerprint density at radius 3 is 2.64 bits per heavy atom. The number of nitrogens with zero attached hydrogens (tertiary/aromatic N) is 1. The van der Waals surface area contributed by atoms with E-state index in [1.807, 2.05) is 31.2 Å². The van der Waals surface area contributed by atoms with Crippen molar-refractivity contribution in [3.63, 3.8) is 0 Å². The van der Waals surface area contributed by atoms with Gasteiger partial charge < -0.3 is 10.0 Å². The summed E-state index contributed by atoms with van der Waals surface area (Å²) in [5, 5.41) is 11.9.